The van der Waals surface area contributed by atoms with Gasteiger partial charge in [0.2, 0.25) is 11.8 Å². The van der Waals surface area contributed by atoms with Crippen LogP contribution in [0.4, 0.5) is 5.69 Å². The quantitative estimate of drug-likeness (QED) is 0.667. The molecule has 140 valence electrons. The fourth-order valence-electron chi connectivity index (χ4n) is 3.09. The van der Waals surface area contributed by atoms with Crippen molar-refractivity contribution >= 4 is 5.69 Å². The molecule has 0 aliphatic heterocycles. The van der Waals surface area contributed by atoms with Gasteiger partial charge in [0.05, 0.1) is 30.2 Å². The van der Waals surface area contributed by atoms with E-state index in [1.54, 1.807) is 37.3 Å². The van der Waals surface area contributed by atoms with Crippen LogP contribution < -0.4 is 0 Å². The Morgan fingerprint density at radius 3 is 2.46 bits per heavy atom. The molecule has 3 aromatic rings. The maximum atomic E-state index is 10.3. The van der Waals surface area contributed by atoms with E-state index in [2.05, 4.69) is 21.1 Å². The Balaban J connectivity index is 1.90. The van der Waals surface area contributed by atoms with Crippen LogP contribution >= 0.6 is 0 Å². The molecule has 1 aromatic heterocycles. The number of hydrogen-bond donors (Lipinski definition) is 1. The van der Waals surface area contributed by atoms with Crippen molar-refractivity contribution in [3.63, 3.8) is 0 Å². The molecule has 2 atom stereocenters. The highest BCUT2D eigenvalue weighted by atomic mass is 16.4. The number of hydrogen-bond acceptors (Lipinski definition) is 5. The summed E-state index contributed by atoms with van der Waals surface area (Å²) in [5.74, 6) is 0.346. The van der Waals surface area contributed by atoms with Crippen LogP contribution in [0.1, 0.15) is 41.0 Å². The van der Waals surface area contributed by atoms with Crippen LogP contribution in [0.5, 0.6) is 0 Å². The van der Waals surface area contributed by atoms with Crippen molar-refractivity contribution in [3.8, 4) is 17.5 Å². The van der Waals surface area contributed by atoms with Gasteiger partial charge < -0.3 is 9.52 Å². The van der Waals surface area contributed by atoms with Gasteiger partial charge in [-0.15, -0.1) is 10.2 Å². The lowest BCUT2D eigenvalue weighted by Gasteiger charge is -2.18. The van der Waals surface area contributed by atoms with Crippen molar-refractivity contribution in [2.75, 3.05) is 0 Å². The molecule has 28 heavy (non-hydrogen) atoms. The largest absolute Gasteiger partial charge is 0.420 e. The summed E-state index contributed by atoms with van der Waals surface area (Å²) in [6.07, 6.45) is -0.160. The number of aliphatic hydroxyl groups is 1. The predicted octanol–water partition coefficient (Wildman–Crippen LogP) is 4.48. The van der Waals surface area contributed by atoms with E-state index in [9.17, 15) is 5.11 Å². The number of aromatic nitrogens is 2. The summed E-state index contributed by atoms with van der Waals surface area (Å²) in [4.78, 5) is 3.53. The molecule has 0 saturated carbocycles. The van der Waals surface area contributed by atoms with Gasteiger partial charge in [-0.05, 0) is 62.6 Å². The van der Waals surface area contributed by atoms with Crippen LogP contribution in [0, 0.1) is 31.8 Å². The highest BCUT2D eigenvalue weighted by Gasteiger charge is 2.25. The first-order valence-electron chi connectivity index (χ1n) is 8.93. The maximum absolute atomic E-state index is 10.3. The molecule has 0 fully saturated rings. The van der Waals surface area contributed by atoms with Gasteiger partial charge in [-0.2, -0.15) is 5.26 Å². The Bertz CT molecular complexity index is 1070. The molecule has 0 bridgehead atoms. The van der Waals surface area contributed by atoms with E-state index in [0.717, 1.165) is 22.3 Å². The van der Waals surface area contributed by atoms with Gasteiger partial charge in [-0.1, -0.05) is 17.7 Å². The number of aliphatic hydroxyl groups excluding tert-OH is 1. The molecule has 2 aromatic carbocycles. The Morgan fingerprint density at radius 1 is 1.14 bits per heavy atom. The minimum atomic E-state index is -0.686. The Hall–Kier alpha value is -3.48. The van der Waals surface area contributed by atoms with Gasteiger partial charge in [-0.3, -0.25) is 0 Å². The average Bonchev–Trinajstić information content (AvgIpc) is 3.18. The van der Waals surface area contributed by atoms with Crippen molar-refractivity contribution in [1.82, 2.24) is 10.2 Å². The van der Waals surface area contributed by atoms with Crippen LogP contribution in [0.15, 0.2) is 40.8 Å². The molecule has 0 spiro atoms. The summed E-state index contributed by atoms with van der Waals surface area (Å²) in [7, 11) is 0. The Morgan fingerprint density at radius 2 is 1.86 bits per heavy atom. The summed E-state index contributed by atoms with van der Waals surface area (Å²) in [5, 5.41) is 27.5. The normalized spacial score (nSPS) is 12.8. The first-order valence-corrected chi connectivity index (χ1v) is 8.93. The van der Waals surface area contributed by atoms with E-state index in [4.69, 9.17) is 16.3 Å². The third kappa shape index (κ3) is 3.78. The van der Waals surface area contributed by atoms with E-state index in [1.165, 1.54) is 0 Å². The molecule has 0 aliphatic rings. The fourth-order valence-corrected chi connectivity index (χ4v) is 3.09. The molecule has 0 amide bonds. The van der Waals surface area contributed by atoms with E-state index in [0.29, 0.717) is 29.5 Å². The summed E-state index contributed by atoms with van der Waals surface area (Å²) in [5.41, 5.74) is 4.92. The average molecular weight is 372 g/mol. The number of nitrogens with zero attached hydrogens (tertiary/aromatic N) is 4. The van der Waals surface area contributed by atoms with E-state index < -0.39 is 6.10 Å². The van der Waals surface area contributed by atoms with Gasteiger partial charge in [-0.25, -0.2) is 4.85 Å². The number of nitriles is 1. The summed E-state index contributed by atoms with van der Waals surface area (Å²) < 4.78 is 5.84. The van der Waals surface area contributed by atoms with Gasteiger partial charge in [0.25, 0.3) is 0 Å². The van der Waals surface area contributed by atoms with E-state index in [-0.39, 0.29) is 5.92 Å². The van der Waals surface area contributed by atoms with E-state index >= 15 is 0 Å². The number of rotatable bonds is 5. The van der Waals surface area contributed by atoms with Gasteiger partial charge in [0.1, 0.15) is 0 Å². The second kappa shape index (κ2) is 8.04. The third-order valence-electron chi connectivity index (χ3n) is 5.03. The smallest absolute Gasteiger partial charge is 0.247 e. The molecule has 1 heterocycles. The number of benzene rings is 2. The van der Waals surface area contributed by atoms with Gasteiger partial charge >= 0.3 is 0 Å². The van der Waals surface area contributed by atoms with Gasteiger partial charge in [0, 0.05) is 5.56 Å². The second-order valence-electron chi connectivity index (χ2n) is 6.79. The van der Waals surface area contributed by atoms with Crippen molar-refractivity contribution < 1.29 is 9.52 Å². The summed E-state index contributed by atoms with van der Waals surface area (Å²) in [6.45, 7) is 12.9. The molecule has 6 nitrogen and oxygen atoms in total. The Labute approximate surface area is 163 Å². The molecular formula is C22H20N4O2. The van der Waals surface area contributed by atoms with Crippen molar-refractivity contribution in [2.24, 2.45) is 0 Å². The maximum Gasteiger partial charge on any atom is 0.247 e. The zero-order valence-corrected chi connectivity index (χ0v) is 16.0. The first-order chi connectivity index (χ1) is 13.4. The van der Waals surface area contributed by atoms with Crippen LogP contribution in [-0.2, 0) is 6.42 Å². The molecule has 6 heteroatoms. The zero-order chi connectivity index (χ0) is 20.3. The SMILES string of the molecule is [C-]#[N+]c1ccc(C[C@@H](c2nnc(-c3ccc(C#N)cc3)o2)[C@H](C)O)c(C)c1C. The minimum Gasteiger partial charge on any atom is -0.420 e. The minimum absolute atomic E-state index is 0.349. The lowest BCUT2D eigenvalue weighted by molar-refractivity contribution is 0.148. The monoisotopic (exact) mass is 372 g/mol. The Kier molecular flexibility index (Phi) is 5.54. The molecule has 3 rings (SSSR count). The first kappa shape index (κ1) is 19.3. The van der Waals surface area contributed by atoms with E-state index in [1.807, 2.05) is 19.9 Å². The second-order valence-corrected chi connectivity index (χ2v) is 6.79. The molecular weight excluding hydrogens is 352 g/mol. The van der Waals surface area contributed by atoms with Crippen LogP contribution in [0.25, 0.3) is 16.3 Å². The van der Waals surface area contributed by atoms with Crippen molar-refractivity contribution in [3.05, 3.63) is 76.0 Å². The topological polar surface area (TPSA) is 87.3 Å². The standard InChI is InChI=1S/C22H20N4O2/c1-13-14(2)20(24-4)10-9-18(13)11-19(15(3)27)22-26-25-21(28-22)17-7-5-16(12-23)6-8-17/h5-10,15,19,27H,11H2,1-3H3/t15-,19+/m0/s1. The fraction of sp³-hybridized carbons (Fsp3) is 0.273. The third-order valence-corrected chi connectivity index (χ3v) is 5.03. The molecule has 1 N–H and O–H groups in total. The van der Waals surface area contributed by atoms with Crippen LogP contribution in [-0.4, -0.2) is 21.4 Å². The zero-order valence-electron chi connectivity index (χ0n) is 16.0. The summed E-state index contributed by atoms with van der Waals surface area (Å²) in [6, 6.07) is 12.7. The highest BCUT2D eigenvalue weighted by Crippen LogP contribution is 2.31. The highest BCUT2D eigenvalue weighted by molar-refractivity contribution is 5.57. The summed E-state index contributed by atoms with van der Waals surface area (Å²) >= 11 is 0. The lowest BCUT2D eigenvalue weighted by atomic mass is 9.90. The predicted molar refractivity (Wildman–Crippen MR) is 105 cm³/mol. The van der Waals surface area contributed by atoms with Crippen molar-refractivity contribution in [2.45, 2.75) is 39.2 Å². The van der Waals surface area contributed by atoms with Crippen LogP contribution in [0.2, 0.25) is 0 Å². The molecule has 0 radical (unpaired) electrons. The molecule has 0 aliphatic carbocycles. The lowest BCUT2D eigenvalue weighted by Crippen LogP contribution is -2.18. The van der Waals surface area contributed by atoms with Crippen molar-refractivity contribution in [1.29, 1.82) is 5.26 Å². The molecule has 0 saturated heterocycles. The van der Waals surface area contributed by atoms with Gasteiger partial charge in [0.15, 0.2) is 5.69 Å². The van der Waals surface area contributed by atoms with Crippen LogP contribution in [0.3, 0.4) is 0 Å². The molecule has 0 unspecified atom stereocenters.